The van der Waals surface area contributed by atoms with Gasteiger partial charge in [0, 0.05) is 27.3 Å². The van der Waals surface area contributed by atoms with Gasteiger partial charge in [0.25, 0.3) is 15.0 Å². The summed E-state index contributed by atoms with van der Waals surface area (Å²) >= 11 is 3.11. The van der Waals surface area contributed by atoms with E-state index in [0.717, 1.165) is 0 Å². The van der Waals surface area contributed by atoms with Gasteiger partial charge in [-0.05, 0) is 54.4 Å². The summed E-state index contributed by atoms with van der Waals surface area (Å²) in [5.41, 5.74) is -0.234. The Labute approximate surface area is 136 Å². The molecule has 0 bridgehead atoms. The highest BCUT2D eigenvalue weighted by Gasteiger charge is 2.38. The van der Waals surface area contributed by atoms with E-state index in [1.54, 1.807) is 0 Å². The quantitative estimate of drug-likeness (QED) is 0.797. The Bertz CT molecular complexity index is 679. The second-order valence-electron chi connectivity index (χ2n) is 5.22. The number of nitrogens with one attached hydrogen (secondary N) is 1. The number of halogens is 2. The molecule has 21 heavy (non-hydrogen) atoms. The molecule has 116 valence electrons. The fourth-order valence-corrected chi connectivity index (χ4v) is 4.28. The first-order valence-corrected chi connectivity index (χ1v) is 9.42. The van der Waals surface area contributed by atoms with Gasteiger partial charge in [-0.2, -0.15) is 0 Å². The molecular weight excluding hydrogens is 382 g/mol. The van der Waals surface area contributed by atoms with Gasteiger partial charge in [0.2, 0.25) is 0 Å². The molecule has 0 aliphatic carbocycles. The molecule has 1 heterocycles. The Kier molecular flexibility index (Phi) is 4.68. The second-order valence-corrected chi connectivity index (χ2v) is 8.61. The zero-order chi connectivity index (χ0) is 15.8. The minimum Gasteiger partial charge on any atom is -0.376 e. The molecule has 5 nitrogen and oxygen atoms in total. The number of ether oxygens (including phenoxy) is 1. The number of rotatable bonds is 3. The zero-order valence-electron chi connectivity index (χ0n) is 11.5. The molecule has 1 aliphatic heterocycles. The number of carbonyl (C=O) groups is 1. The largest absolute Gasteiger partial charge is 0.376 e. The Morgan fingerprint density at radius 3 is 2.71 bits per heavy atom. The van der Waals surface area contributed by atoms with Crippen LogP contribution in [0.15, 0.2) is 27.6 Å². The summed E-state index contributed by atoms with van der Waals surface area (Å²) in [5, 5.41) is 2.90. The number of carbonyl (C=O) groups excluding carboxylic acids is 1. The van der Waals surface area contributed by atoms with Crippen LogP contribution in [0.5, 0.6) is 0 Å². The lowest BCUT2D eigenvalue weighted by atomic mass is 9.94. The molecule has 8 heteroatoms. The monoisotopic (exact) mass is 395 g/mol. The van der Waals surface area contributed by atoms with Crippen LogP contribution >= 0.6 is 26.6 Å². The van der Waals surface area contributed by atoms with Crippen molar-refractivity contribution < 1.29 is 17.9 Å². The molecule has 2 atom stereocenters. The maximum atomic E-state index is 12.3. The fourth-order valence-electron chi connectivity index (χ4n) is 2.16. The third-order valence-corrected chi connectivity index (χ3v) is 6.06. The van der Waals surface area contributed by atoms with Crippen molar-refractivity contribution >= 4 is 41.6 Å². The van der Waals surface area contributed by atoms with Crippen molar-refractivity contribution in [1.29, 1.82) is 0 Å². The molecule has 1 amide bonds. The molecule has 1 aliphatic rings. The predicted octanol–water partition coefficient (Wildman–Crippen LogP) is 2.67. The molecule has 1 fully saturated rings. The number of hydrogen-bond acceptors (Lipinski definition) is 4. The van der Waals surface area contributed by atoms with E-state index in [2.05, 4.69) is 21.2 Å². The van der Waals surface area contributed by atoms with Crippen molar-refractivity contribution in [3.05, 3.63) is 28.2 Å². The van der Waals surface area contributed by atoms with Crippen LogP contribution in [-0.2, 0) is 13.8 Å². The Balaban J connectivity index is 2.29. The molecule has 0 radical (unpaired) electrons. The highest BCUT2D eigenvalue weighted by atomic mass is 79.9. The molecule has 0 saturated carbocycles. The number of hydrogen-bond donors (Lipinski definition) is 1. The summed E-state index contributed by atoms with van der Waals surface area (Å²) in [5.74, 6) is -0.357. The van der Waals surface area contributed by atoms with Gasteiger partial charge in [0.05, 0.1) is 16.5 Å². The van der Waals surface area contributed by atoms with Gasteiger partial charge in [-0.25, -0.2) is 8.42 Å². The standard InChI is InChI=1S/C13H15BrClNO4S/c1-8-13(2,5-6-20-8)16-12(17)9-3-4-10(14)11(7-9)21(15,18)19/h3-4,7-8H,5-6H2,1-2H3,(H,16,17). The van der Waals surface area contributed by atoms with E-state index >= 15 is 0 Å². The Morgan fingerprint density at radius 2 is 2.19 bits per heavy atom. The maximum Gasteiger partial charge on any atom is 0.262 e. The van der Waals surface area contributed by atoms with Gasteiger partial charge in [0.15, 0.2) is 0 Å². The highest BCUT2D eigenvalue weighted by Crippen LogP contribution is 2.28. The van der Waals surface area contributed by atoms with Crippen molar-refractivity contribution in [1.82, 2.24) is 5.32 Å². The van der Waals surface area contributed by atoms with Gasteiger partial charge in [0.1, 0.15) is 0 Å². The summed E-state index contributed by atoms with van der Waals surface area (Å²) in [6, 6.07) is 4.28. The first-order chi connectivity index (χ1) is 9.63. The molecule has 0 spiro atoms. The van der Waals surface area contributed by atoms with E-state index in [4.69, 9.17) is 15.4 Å². The van der Waals surface area contributed by atoms with Crippen LogP contribution in [0.3, 0.4) is 0 Å². The topological polar surface area (TPSA) is 72.5 Å². The molecular formula is C13H15BrClNO4S. The summed E-state index contributed by atoms with van der Waals surface area (Å²) < 4.78 is 28.7. The van der Waals surface area contributed by atoms with Crippen LogP contribution in [0, 0.1) is 0 Å². The average Bonchev–Trinajstić information content (AvgIpc) is 2.68. The lowest BCUT2D eigenvalue weighted by Gasteiger charge is -2.29. The first-order valence-electron chi connectivity index (χ1n) is 6.32. The van der Waals surface area contributed by atoms with E-state index in [1.807, 2.05) is 13.8 Å². The third-order valence-electron chi connectivity index (χ3n) is 3.74. The minimum absolute atomic E-state index is 0.104. The molecule has 1 N–H and O–H groups in total. The van der Waals surface area contributed by atoms with Crippen LogP contribution in [0.4, 0.5) is 0 Å². The van der Waals surface area contributed by atoms with Crippen LogP contribution in [0.1, 0.15) is 30.6 Å². The number of amides is 1. The Hall–Kier alpha value is -0.630. The normalized spacial score (nSPS) is 25.8. The van der Waals surface area contributed by atoms with E-state index < -0.39 is 14.6 Å². The van der Waals surface area contributed by atoms with Gasteiger partial charge < -0.3 is 10.1 Å². The minimum atomic E-state index is -3.92. The molecule has 1 aromatic rings. The summed E-state index contributed by atoms with van der Waals surface area (Å²) in [7, 11) is 1.43. The smallest absolute Gasteiger partial charge is 0.262 e. The SMILES string of the molecule is CC1OCCC1(C)NC(=O)c1ccc(Br)c(S(=O)(=O)Cl)c1. The van der Waals surface area contributed by atoms with Gasteiger partial charge in [-0.3, -0.25) is 4.79 Å². The summed E-state index contributed by atoms with van der Waals surface area (Å²) in [6.45, 7) is 4.38. The second kappa shape index (κ2) is 5.87. The average molecular weight is 397 g/mol. The number of benzene rings is 1. The van der Waals surface area contributed by atoms with Crippen LogP contribution in [-0.4, -0.2) is 32.6 Å². The summed E-state index contributed by atoms with van der Waals surface area (Å²) in [4.78, 5) is 12.2. The molecule has 0 aromatic heterocycles. The van der Waals surface area contributed by atoms with E-state index in [9.17, 15) is 13.2 Å². The zero-order valence-corrected chi connectivity index (χ0v) is 14.7. The van der Waals surface area contributed by atoms with Crippen LogP contribution in [0.2, 0.25) is 0 Å². The highest BCUT2D eigenvalue weighted by molar-refractivity contribution is 9.10. The molecule has 2 unspecified atom stereocenters. The van der Waals surface area contributed by atoms with E-state index in [1.165, 1.54) is 18.2 Å². The lowest BCUT2D eigenvalue weighted by molar-refractivity contribution is 0.0727. The molecule has 1 aromatic carbocycles. The predicted molar refractivity (Wildman–Crippen MR) is 83.1 cm³/mol. The Morgan fingerprint density at radius 1 is 1.52 bits per heavy atom. The molecule has 1 saturated heterocycles. The fraction of sp³-hybridized carbons (Fsp3) is 0.462. The van der Waals surface area contributed by atoms with Crippen LogP contribution in [0.25, 0.3) is 0 Å². The van der Waals surface area contributed by atoms with Crippen molar-refractivity contribution in [3.63, 3.8) is 0 Å². The lowest BCUT2D eigenvalue weighted by Crippen LogP contribution is -2.50. The molecule has 2 rings (SSSR count). The van der Waals surface area contributed by atoms with Crippen LogP contribution < -0.4 is 5.32 Å². The van der Waals surface area contributed by atoms with Gasteiger partial charge >= 0.3 is 0 Å². The van der Waals surface area contributed by atoms with E-state index in [-0.39, 0.29) is 22.5 Å². The van der Waals surface area contributed by atoms with E-state index in [0.29, 0.717) is 17.5 Å². The van der Waals surface area contributed by atoms with Crippen molar-refractivity contribution in [2.45, 2.75) is 36.8 Å². The summed E-state index contributed by atoms with van der Waals surface area (Å²) in [6.07, 6.45) is 0.602. The van der Waals surface area contributed by atoms with Crippen molar-refractivity contribution in [2.75, 3.05) is 6.61 Å². The van der Waals surface area contributed by atoms with Gasteiger partial charge in [-0.15, -0.1) is 0 Å². The first kappa shape index (κ1) is 16.7. The maximum absolute atomic E-state index is 12.3. The van der Waals surface area contributed by atoms with Crippen molar-refractivity contribution in [2.24, 2.45) is 0 Å². The third kappa shape index (κ3) is 3.59. The van der Waals surface area contributed by atoms with Crippen molar-refractivity contribution in [3.8, 4) is 0 Å². The van der Waals surface area contributed by atoms with Gasteiger partial charge in [-0.1, -0.05) is 0 Å².